The topological polar surface area (TPSA) is 96.3 Å². The van der Waals surface area contributed by atoms with Gasteiger partial charge in [0.25, 0.3) is 5.91 Å². The van der Waals surface area contributed by atoms with Crippen molar-refractivity contribution in [3.63, 3.8) is 0 Å². The largest absolute Gasteiger partial charge is 0.287 e. The number of carbonyl (C=O) groups excluding carboxylic acids is 1. The Morgan fingerprint density at radius 1 is 1.13 bits per heavy atom. The molecule has 1 amide bonds. The van der Waals surface area contributed by atoms with E-state index in [-0.39, 0.29) is 4.99 Å². The van der Waals surface area contributed by atoms with E-state index in [9.17, 15) is 13.2 Å². The van der Waals surface area contributed by atoms with Gasteiger partial charge < -0.3 is 0 Å². The van der Waals surface area contributed by atoms with Crippen molar-refractivity contribution in [1.82, 2.24) is 19.5 Å². The maximum atomic E-state index is 12.4. The summed E-state index contributed by atoms with van der Waals surface area (Å²) in [6.07, 6.45) is 0. The zero-order valence-corrected chi connectivity index (χ0v) is 18.6. The molecule has 0 aliphatic carbocycles. The fourth-order valence-corrected chi connectivity index (χ4v) is 4.33. The maximum Gasteiger partial charge on any atom is 0.255 e. The molecule has 0 radical (unpaired) electrons. The second-order valence-corrected chi connectivity index (χ2v) is 8.91. The van der Waals surface area contributed by atoms with E-state index in [0.29, 0.717) is 26.9 Å². The summed E-state index contributed by atoms with van der Waals surface area (Å²) in [6, 6.07) is 16.2. The Bertz CT molecular complexity index is 1270. The van der Waals surface area contributed by atoms with Gasteiger partial charge in [-0.3, -0.25) is 15.2 Å². The van der Waals surface area contributed by atoms with Crippen molar-refractivity contribution in [3.8, 4) is 0 Å². The van der Waals surface area contributed by atoms with Gasteiger partial charge in [0.15, 0.2) is 0 Å². The lowest BCUT2D eigenvalue weighted by Crippen LogP contribution is -2.46. The quantitative estimate of drug-likeness (QED) is 0.429. The molecule has 0 aliphatic heterocycles. The molecule has 0 atom stereocenters. The first-order chi connectivity index (χ1) is 14.2. The highest BCUT2D eigenvalue weighted by molar-refractivity contribution is 7.90. The van der Waals surface area contributed by atoms with Crippen molar-refractivity contribution in [2.45, 2.75) is 6.92 Å². The Balaban J connectivity index is 1.72. The van der Waals surface area contributed by atoms with Gasteiger partial charge >= 0.3 is 0 Å². The molecule has 0 bridgehead atoms. The average molecular weight is 462 g/mol. The van der Waals surface area contributed by atoms with Crippen LogP contribution in [0.5, 0.6) is 0 Å². The van der Waals surface area contributed by atoms with Gasteiger partial charge in [0.1, 0.15) is 21.2 Å². The first-order valence-corrected chi connectivity index (χ1v) is 11.3. The van der Waals surface area contributed by atoms with Crippen molar-refractivity contribution in [1.29, 1.82) is 0 Å². The van der Waals surface area contributed by atoms with Gasteiger partial charge in [-0.2, -0.15) is 0 Å². The van der Waals surface area contributed by atoms with Crippen molar-refractivity contribution < 1.29 is 13.2 Å². The van der Waals surface area contributed by atoms with Crippen LogP contribution < -0.4 is 10.3 Å². The molecule has 8 nitrogen and oxygen atoms in total. The lowest BCUT2D eigenvalue weighted by atomic mass is 10.2. The molecule has 1 aromatic heterocycles. The van der Waals surface area contributed by atoms with Crippen LogP contribution in [0, 0.1) is 11.6 Å². The summed E-state index contributed by atoms with van der Waals surface area (Å²) in [7, 11) is -2.54. The fourth-order valence-electron chi connectivity index (χ4n) is 2.76. The fraction of sp³-hybridized carbons (Fsp3) is 0.158. The second-order valence-electron chi connectivity index (χ2n) is 6.43. The third kappa shape index (κ3) is 5.05. The van der Waals surface area contributed by atoms with Gasteiger partial charge in [0.05, 0.1) is 5.52 Å². The van der Waals surface area contributed by atoms with Crippen molar-refractivity contribution in [2.24, 2.45) is 0 Å². The third-order valence-electron chi connectivity index (χ3n) is 4.10. The van der Waals surface area contributed by atoms with Crippen LogP contribution in [0.1, 0.15) is 11.4 Å². The van der Waals surface area contributed by atoms with Crippen molar-refractivity contribution in [3.05, 3.63) is 70.6 Å². The van der Waals surface area contributed by atoms with E-state index in [0.717, 1.165) is 0 Å². The predicted octanol–water partition coefficient (Wildman–Crippen LogP) is 2.29. The Kier molecular flexibility index (Phi) is 6.56. The summed E-state index contributed by atoms with van der Waals surface area (Å²) in [4.78, 5) is 19.4. The standard InChI is InChI=1S/C19H19N5O3S3/c1-13-20-16-11-7-6-10-15(16)19(29)24(13)21-17(25)12-30(26,27)22-23(2)18(28)14-8-4-3-5-9-14/h3-11,22H,12H2,1-2H3,(H,21,25). The molecule has 0 spiro atoms. The molecule has 1 heterocycles. The summed E-state index contributed by atoms with van der Waals surface area (Å²) in [5, 5.41) is 1.86. The summed E-state index contributed by atoms with van der Waals surface area (Å²) in [5.41, 5.74) is 3.86. The molecule has 0 unspecified atom stereocenters. The number of aromatic nitrogens is 2. The van der Waals surface area contributed by atoms with Crippen LogP contribution in [0.4, 0.5) is 0 Å². The van der Waals surface area contributed by atoms with E-state index < -0.39 is 21.7 Å². The van der Waals surface area contributed by atoms with Crippen molar-refractivity contribution >= 4 is 56.3 Å². The predicted molar refractivity (Wildman–Crippen MR) is 122 cm³/mol. The molecule has 30 heavy (non-hydrogen) atoms. The number of nitrogens with zero attached hydrogens (tertiary/aromatic N) is 3. The zero-order chi connectivity index (χ0) is 21.9. The number of nitrogens with one attached hydrogen (secondary N) is 2. The molecular formula is C19H19N5O3S3. The van der Waals surface area contributed by atoms with Crippen LogP contribution in [0.3, 0.4) is 0 Å². The van der Waals surface area contributed by atoms with Crippen LogP contribution in [0.15, 0.2) is 54.6 Å². The van der Waals surface area contributed by atoms with Gasteiger partial charge in [0.2, 0.25) is 10.0 Å². The van der Waals surface area contributed by atoms with E-state index in [2.05, 4.69) is 15.2 Å². The molecule has 0 fully saturated rings. The van der Waals surface area contributed by atoms with Crippen LogP contribution in [-0.4, -0.2) is 46.8 Å². The number of sulfonamides is 1. The van der Waals surface area contributed by atoms with Crippen LogP contribution in [0.25, 0.3) is 10.9 Å². The Hall–Kier alpha value is -2.73. The maximum absolute atomic E-state index is 12.4. The highest BCUT2D eigenvalue weighted by Crippen LogP contribution is 2.14. The molecule has 3 aromatic rings. The van der Waals surface area contributed by atoms with E-state index in [1.807, 2.05) is 18.2 Å². The number of thiocarbonyl (C=S) groups is 1. The number of hydrazine groups is 1. The molecule has 11 heteroatoms. The molecule has 0 saturated carbocycles. The molecule has 0 aliphatic rings. The summed E-state index contributed by atoms with van der Waals surface area (Å²) < 4.78 is 26.5. The molecule has 2 N–H and O–H groups in total. The van der Waals surface area contributed by atoms with Gasteiger partial charge in [-0.1, -0.05) is 66.9 Å². The van der Waals surface area contributed by atoms with Crippen LogP contribution in [-0.2, 0) is 14.8 Å². The van der Waals surface area contributed by atoms with Gasteiger partial charge in [-0.15, -0.1) is 4.83 Å². The number of fused-ring (bicyclic) bond motifs is 1. The lowest BCUT2D eigenvalue weighted by Gasteiger charge is -2.21. The third-order valence-corrected chi connectivity index (χ3v) is 6.21. The monoisotopic (exact) mass is 461 g/mol. The number of hydrogen-bond donors (Lipinski definition) is 2. The van der Waals surface area contributed by atoms with Gasteiger partial charge in [-0.05, 0) is 19.1 Å². The molecule has 3 rings (SSSR count). The molecule has 2 aromatic carbocycles. The van der Waals surface area contributed by atoms with Crippen molar-refractivity contribution in [2.75, 3.05) is 18.2 Å². The van der Waals surface area contributed by atoms with E-state index >= 15 is 0 Å². The first-order valence-electron chi connectivity index (χ1n) is 8.79. The SMILES string of the molecule is Cc1nc2ccccc2c(=S)n1NC(=O)CS(=O)(=O)NN(C)C(=S)c1ccccc1. The molecular weight excluding hydrogens is 442 g/mol. The molecule has 156 valence electrons. The second kappa shape index (κ2) is 8.96. The zero-order valence-electron chi connectivity index (χ0n) is 16.2. The highest BCUT2D eigenvalue weighted by atomic mass is 32.2. The number of benzene rings is 2. The van der Waals surface area contributed by atoms with Gasteiger partial charge in [0, 0.05) is 18.0 Å². The number of hydrogen-bond acceptors (Lipinski definition) is 6. The minimum absolute atomic E-state index is 0.274. The Morgan fingerprint density at radius 3 is 2.47 bits per heavy atom. The van der Waals surface area contributed by atoms with E-state index in [1.54, 1.807) is 43.3 Å². The number of para-hydroxylation sites is 1. The number of rotatable bonds is 6. The summed E-state index contributed by atoms with van der Waals surface area (Å²) in [6.45, 7) is 1.67. The Morgan fingerprint density at radius 2 is 1.77 bits per heavy atom. The summed E-state index contributed by atoms with van der Waals surface area (Å²) in [5.74, 6) is -1.15. The first kappa shape index (κ1) is 22.0. The van der Waals surface area contributed by atoms with E-state index in [1.165, 1.54) is 16.7 Å². The average Bonchev–Trinajstić information content (AvgIpc) is 2.70. The smallest absolute Gasteiger partial charge is 0.255 e. The highest BCUT2D eigenvalue weighted by Gasteiger charge is 2.21. The van der Waals surface area contributed by atoms with Gasteiger partial charge in [-0.25, -0.2) is 18.1 Å². The number of carbonyl (C=O) groups is 1. The summed E-state index contributed by atoms with van der Waals surface area (Å²) >= 11 is 10.7. The normalized spacial score (nSPS) is 11.3. The minimum atomic E-state index is -4.01. The molecule has 0 saturated heterocycles. The van der Waals surface area contributed by atoms with Crippen LogP contribution >= 0.6 is 24.4 Å². The number of aryl methyl sites for hydroxylation is 1. The Labute approximate surface area is 184 Å². The van der Waals surface area contributed by atoms with Crippen LogP contribution in [0.2, 0.25) is 0 Å². The lowest BCUT2D eigenvalue weighted by molar-refractivity contribution is -0.114. The minimum Gasteiger partial charge on any atom is -0.287 e. The number of amides is 1. The van der Waals surface area contributed by atoms with E-state index in [4.69, 9.17) is 24.4 Å².